The van der Waals surface area contributed by atoms with E-state index >= 15 is 0 Å². The van der Waals surface area contributed by atoms with Gasteiger partial charge < -0.3 is 15.2 Å². The summed E-state index contributed by atoms with van der Waals surface area (Å²) in [6, 6.07) is 5.83. The molecule has 1 aromatic carbocycles. The number of nitrogens with two attached hydrogens (primary N) is 1. The fourth-order valence-corrected chi connectivity index (χ4v) is 3.04. The average Bonchev–Trinajstić information content (AvgIpc) is 3.12. The van der Waals surface area contributed by atoms with Crippen LogP contribution in [-0.2, 0) is 0 Å². The number of hydrogen-bond donors (Lipinski definition) is 1. The maximum absolute atomic E-state index is 6.20. The van der Waals surface area contributed by atoms with Crippen molar-refractivity contribution >= 4 is 15.9 Å². The van der Waals surface area contributed by atoms with Crippen LogP contribution in [0.3, 0.4) is 0 Å². The Balaban J connectivity index is 1.77. The van der Waals surface area contributed by atoms with Crippen LogP contribution in [0.5, 0.6) is 0 Å². The third-order valence-electron chi connectivity index (χ3n) is 3.78. The Morgan fingerprint density at radius 2 is 2.14 bits per heavy atom. The summed E-state index contributed by atoms with van der Waals surface area (Å²) in [4.78, 5) is 6.82. The molecule has 1 unspecified atom stereocenters. The molecule has 0 amide bonds. The van der Waals surface area contributed by atoms with Crippen molar-refractivity contribution in [2.45, 2.75) is 25.8 Å². The quantitative estimate of drug-likeness (QED) is 0.917. The van der Waals surface area contributed by atoms with E-state index in [1.165, 1.54) is 12.8 Å². The molecule has 0 radical (unpaired) electrons. The maximum atomic E-state index is 6.20. The zero-order valence-corrected chi connectivity index (χ0v) is 13.6. The molecule has 1 aliphatic rings. The van der Waals surface area contributed by atoms with Gasteiger partial charge in [0.1, 0.15) is 0 Å². The zero-order valence-electron chi connectivity index (χ0n) is 12.1. The molecule has 1 saturated heterocycles. The highest BCUT2D eigenvalue weighted by Gasteiger charge is 2.21. The predicted octanol–water partition coefficient (Wildman–Crippen LogP) is 2.90. The third kappa shape index (κ3) is 3.33. The van der Waals surface area contributed by atoms with E-state index in [2.05, 4.69) is 31.0 Å². The van der Waals surface area contributed by atoms with Gasteiger partial charge in [-0.25, -0.2) is 0 Å². The lowest BCUT2D eigenvalue weighted by molar-refractivity contribution is 0.306. The minimum atomic E-state index is -0.204. The van der Waals surface area contributed by atoms with Gasteiger partial charge in [-0.2, -0.15) is 4.98 Å². The fraction of sp³-hybridized carbons (Fsp3) is 0.467. The maximum Gasteiger partial charge on any atom is 0.259 e. The Morgan fingerprint density at radius 3 is 2.90 bits per heavy atom. The molecule has 2 N–H and O–H groups in total. The van der Waals surface area contributed by atoms with Crippen molar-refractivity contribution < 1.29 is 4.52 Å². The zero-order chi connectivity index (χ0) is 14.8. The number of nitrogens with zero attached hydrogens (tertiary/aromatic N) is 3. The van der Waals surface area contributed by atoms with Crippen molar-refractivity contribution in [2.24, 2.45) is 5.73 Å². The number of aromatic nitrogens is 2. The molecule has 6 heteroatoms. The van der Waals surface area contributed by atoms with Crippen LogP contribution in [0.25, 0.3) is 11.5 Å². The Morgan fingerprint density at radius 1 is 1.38 bits per heavy atom. The predicted molar refractivity (Wildman–Crippen MR) is 84.8 cm³/mol. The minimum Gasteiger partial charge on any atom is -0.334 e. The summed E-state index contributed by atoms with van der Waals surface area (Å²) in [6.07, 6.45) is 2.50. The lowest BCUT2D eigenvalue weighted by Gasteiger charge is -2.17. The van der Waals surface area contributed by atoms with E-state index in [9.17, 15) is 0 Å². The summed E-state index contributed by atoms with van der Waals surface area (Å²) in [5.41, 5.74) is 8.25. The lowest BCUT2D eigenvalue weighted by atomic mass is 10.1. The summed E-state index contributed by atoms with van der Waals surface area (Å²) in [5, 5.41) is 4.05. The molecule has 0 spiro atoms. The van der Waals surface area contributed by atoms with E-state index in [0.717, 1.165) is 35.2 Å². The molecule has 112 valence electrons. The van der Waals surface area contributed by atoms with Gasteiger partial charge in [0.2, 0.25) is 0 Å². The number of halogens is 1. The van der Waals surface area contributed by atoms with Crippen molar-refractivity contribution in [3.8, 4) is 11.5 Å². The van der Waals surface area contributed by atoms with Gasteiger partial charge in [0.25, 0.3) is 5.89 Å². The van der Waals surface area contributed by atoms with E-state index in [4.69, 9.17) is 10.3 Å². The molecule has 0 bridgehead atoms. The summed E-state index contributed by atoms with van der Waals surface area (Å²) in [7, 11) is 0. The molecular weight excluding hydrogens is 332 g/mol. The molecule has 1 atom stereocenters. The van der Waals surface area contributed by atoms with Crippen LogP contribution in [0.15, 0.2) is 27.2 Å². The molecule has 0 aliphatic carbocycles. The number of rotatable bonds is 4. The summed E-state index contributed by atoms with van der Waals surface area (Å²) in [5.74, 6) is 1.09. The third-order valence-corrected chi connectivity index (χ3v) is 4.47. The molecule has 1 aliphatic heterocycles. The smallest absolute Gasteiger partial charge is 0.259 e. The standard InChI is InChI=1S/C15H19BrN4O/c1-10-4-5-12(16)11(8-10)15-18-14(19-21-15)13(17)9-20-6-2-3-7-20/h4-5,8,13H,2-3,6-7,9,17H2,1H3. The highest BCUT2D eigenvalue weighted by Crippen LogP contribution is 2.28. The highest BCUT2D eigenvalue weighted by molar-refractivity contribution is 9.10. The Labute approximate surface area is 132 Å². The second-order valence-electron chi connectivity index (χ2n) is 5.56. The summed E-state index contributed by atoms with van der Waals surface area (Å²) < 4.78 is 6.32. The van der Waals surface area contributed by atoms with Gasteiger partial charge in [0, 0.05) is 11.0 Å². The van der Waals surface area contributed by atoms with Crippen LogP contribution in [-0.4, -0.2) is 34.7 Å². The van der Waals surface area contributed by atoms with Crippen molar-refractivity contribution in [1.29, 1.82) is 0 Å². The normalized spacial score (nSPS) is 17.3. The van der Waals surface area contributed by atoms with Crippen LogP contribution < -0.4 is 5.73 Å². The van der Waals surface area contributed by atoms with Gasteiger partial charge in [-0.1, -0.05) is 16.8 Å². The lowest BCUT2D eigenvalue weighted by Crippen LogP contribution is -2.30. The molecular formula is C15H19BrN4O. The Hall–Kier alpha value is -1.24. The van der Waals surface area contributed by atoms with Gasteiger partial charge in [-0.15, -0.1) is 0 Å². The van der Waals surface area contributed by atoms with Crippen LogP contribution in [0.2, 0.25) is 0 Å². The van der Waals surface area contributed by atoms with E-state index in [1.54, 1.807) is 0 Å². The van der Waals surface area contributed by atoms with Crippen molar-refractivity contribution in [2.75, 3.05) is 19.6 Å². The van der Waals surface area contributed by atoms with E-state index in [0.29, 0.717) is 11.7 Å². The molecule has 5 nitrogen and oxygen atoms in total. The first-order valence-corrected chi connectivity index (χ1v) is 8.01. The second-order valence-corrected chi connectivity index (χ2v) is 6.41. The van der Waals surface area contributed by atoms with Gasteiger partial charge in [0.15, 0.2) is 5.82 Å². The van der Waals surface area contributed by atoms with Crippen LogP contribution >= 0.6 is 15.9 Å². The van der Waals surface area contributed by atoms with Gasteiger partial charge in [-0.3, -0.25) is 0 Å². The number of hydrogen-bond acceptors (Lipinski definition) is 5. The van der Waals surface area contributed by atoms with E-state index in [-0.39, 0.29) is 6.04 Å². The Kier molecular flexibility index (Phi) is 4.37. The molecule has 1 fully saturated rings. The summed E-state index contributed by atoms with van der Waals surface area (Å²) >= 11 is 3.52. The SMILES string of the molecule is Cc1ccc(Br)c(-c2nc(C(N)CN3CCCC3)no2)c1. The van der Waals surface area contributed by atoms with Gasteiger partial charge in [0.05, 0.1) is 11.6 Å². The monoisotopic (exact) mass is 350 g/mol. The van der Waals surface area contributed by atoms with Gasteiger partial charge in [-0.05, 0) is 60.9 Å². The second kappa shape index (κ2) is 6.25. The van der Waals surface area contributed by atoms with Crippen molar-refractivity contribution in [1.82, 2.24) is 15.0 Å². The Bertz CT molecular complexity index is 622. The first kappa shape index (κ1) is 14.7. The van der Waals surface area contributed by atoms with Crippen molar-refractivity contribution in [3.63, 3.8) is 0 Å². The van der Waals surface area contributed by atoms with E-state index < -0.39 is 0 Å². The molecule has 2 heterocycles. The first-order valence-electron chi connectivity index (χ1n) is 7.21. The number of likely N-dealkylation sites (tertiary alicyclic amines) is 1. The number of benzene rings is 1. The highest BCUT2D eigenvalue weighted by atomic mass is 79.9. The topological polar surface area (TPSA) is 68.2 Å². The van der Waals surface area contributed by atoms with Gasteiger partial charge >= 0.3 is 0 Å². The van der Waals surface area contributed by atoms with Crippen LogP contribution in [0, 0.1) is 6.92 Å². The van der Waals surface area contributed by atoms with Crippen molar-refractivity contribution in [3.05, 3.63) is 34.1 Å². The average molecular weight is 351 g/mol. The molecule has 3 rings (SSSR count). The minimum absolute atomic E-state index is 0.204. The first-order chi connectivity index (χ1) is 10.1. The molecule has 21 heavy (non-hydrogen) atoms. The fourth-order valence-electron chi connectivity index (χ4n) is 2.62. The molecule has 0 saturated carbocycles. The van der Waals surface area contributed by atoms with Crippen LogP contribution in [0.1, 0.15) is 30.3 Å². The largest absolute Gasteiger partial charge is 0.334 e. The van der Waals surface area contributed by atoms with E-state index in [1.807, 2.05) is 25.1 Å². The van der Waals surface area contributed by atoms with Crippen LogP contribution in [0.4, 0.5) is 0 Å². The summed E-state index contributed by atoms with van der Waals surface area (Å²) in [6.45, 7) is 5.05. The molecule has 2 aromatic rings. The number of aryl methyl sites for hydroxylation is 1. The molecule has 1 aromatic heterocycles.